The molecule has 2 rings (SSSR count). The van der Waals surface area contributed by atoms with E-state index in [0.717, 1.165) is 12.2 Å². The van der Waals surface area contributed by atoms with Gasteiger partial charge in [-0.1, -0.05) is 36.4 Å². The average molecular weight is 565 g/mol. The van der Waals surface area contributed by atoms with E-state index in [2.05, 4.69) is 13.8 Å². The van der Waals surface area contributed by atoms with E-state index in [9.17, 15) is 18.4 Å². The number of benzene rings is 2. The topological polar surface area (TPSA) is 74.6 Å². The third kappa shape index (κ3) is 17.7. The Labute approximate surface area is 205 Å². The first-order chi connectivity index (χ1) is 15.8. The van der Waals surface area contributed by atoms with E-state index < -0.39 is 23.6 Å². The van der Waals surface area contributed by atoms with Crippen LogP contribution in [0.2, 0.25) is 8.87 Å². The molecule has 0 bridgehead atoms. The van der Waals surface area contributed by atoms with Gasteiger partial charge in [0.1, 0.15) is 11.6 Å². The molecule has 2 aromatic carbocycles. The largest absolute Gasteiger partial charge is 0.478 e. The van der Waals surface area contributed by atoms with E-state index >= 15 is 0 Å². The van der Waals surface area contributed by atoms with Crippen LogP contribution in [0.25, 0.3) is 12.2 Å². The second kappa shape index (κ2) is 20.1. The van der Waals surface area contributed by atoms with Crippen molar-refractivity contribution in [3.8, 4) is 0 Å². The Morgan fingerprint density at radius 3 is 1.42 bits per heavy atom. The first-order valence-corrected chi connectivity index (χ1v) is 14.9. The molecule has 0 saturated carbocycles. The average Bonchev–Trinajstić information content (AvgIpc) is 2.79. The molecule has 2 radical (unpaired) electrons. The van der Waals surface area contributed by atoms with Crippen molar-refractivity contribution in [2.45, 2.75) is 48.4 Å². The Hall–Kier alpha value is -2.48. The fraction of sp³-hybridized carbons (Fsp3) is 0.308. The maximum atomic E-state index is 12.8. The minimum absolute atomic E-state index is 0.149. The van der Waals surface area contributed by atoms with Gasteiger partial charge in [-0.15, -0.1) is 0 Å². The Morgan fingerprint density at radius 2 is 1.12 bits per heavy atom. The van der Waals surface area contributed by atoms with E-state index in [4.69, 9.17) is 10.2 Å². The van der Waals surface area contributed by atoms with E-state index in [-0.39, 0.29) is 32.3 Å². The first kappa shape index (κ1) is 30.5. The molecule has 0 fully saturated rings. The van der Waals surface area contributed by atoms with Gasteiger partial charge >= 0.3 is 81.5 Å². The van der Waals surface area contributed by atoms with Crippen LogP contribution in [0.3, 0.4) is 0 Å². The maximum absolute atomic E-state index is 12.8. The standard InChI is InChI=1S/2C9H7FO2.2C4H9.Sn/c2*10-8-4-2-1-3-7(8)5-6-9(11)12;2*1-3-4-2;/h2*1-6H,(H,11,12);2*1,3-4H2,2H3;. The molecule has 0 spiro atoms. The summed E-state index contributed by atoms with van der Waals surface area (Å²) in [5.74, 6) is -3.01. The monoisotopic (exact) mass is 566 g/mol. The van der Waals surface area contributed by atoms with Crippen LogP contribution < -0.4 is 0 Å². The third-order valence-electron chi connectivity index (χ3n) is 4.04. The van der Waals surface area contributed by atoms with Crippen molar-refractivity contribution >= 4 is 45.2 Å². The molecule has 2 aromatic rings. The van der Waals surface area contributed by atoms with Gasteiger partial charge in [0.25, 0.3) is 0 Å². The molecule has 0 atom stereocenters. The minimum atomic E-state index is -1.08. The molecular formula is C26H32F2O4Sn. The molecule has 178 valence electrons. The second-order valence-electron chi connectivity index (χ2n) is 6.84. The Kier molecular flexibility index (Phi) is 18.6. The molecule has 0 aliphatic carbocycles. The summed E-state index contributed by atoms with van der Waals surface area (Å²) in [7, 11) is 0. The Morgan fingerprint density at radius 1 is 0.758 bits per heavy atom. The molecule has 0 saturated heterocycles. The molecule has 0 aliphatic heterocycles. The van der Waals surface area contributed by atoms with Gasteiger partial charge < -0.3 is 10.2 Å². The van der Waals surface area contributed by atoms with E-state index in [1.54, 1.807) is 33.1 Å². The summed E-state index contributed by atoms with van der Waals surface area (Å²) in [4.78, 5) is 20.1. The summed E-state index contributed by atoms with van der Waals surface area (Å²) < 4.78 is 28.8. The molecule has 4 nitrogen and oxygen atoms in total. The maximum Gasteiger partial charge on any atom is 0.328 e. The number of hydrogen-bond acceptors (Lipinski definition) is 2. The van der Waals surface area contributed by atoms with E-state index in [1.165, 1.54) is 62.1 Å². The summed E-state index contributed by atoms with van der Waals surface area (Å²) in [5, 5.41) is 16.5. The summed E-state index contributed by atoms with van der Waals surface area (Å²) in [6.45, 7) is 4.58. The van der Waals surface area contributed by atoms with Crippen LogP contribution in [-0.4, -0.2) is 43.3 Å². The third-order valence-corrected chi connectivity index (χ3v) is 8.07. The van der Waals surface area contributed by atoms with Gasteiger partial charge in [0.2, 0.25) is 0 Å². The van der Waals surface area contributed by atoms with Gasteiger partial charge in [0.15, 0.2) is 0 Å². The molecule has 33 heavy (non-hydrogen) atoms. The van der Waals surface area contributed by atoms with Gasteiger partial charge in [0.05, 0.1) is 0 Å². The van der Waals surface area contributed by atoms with Gasteiger partial charge in [-0.25, -0.2) is 18.4 Å². The minimum Gasteiger partial charge on any atom is -0.478 e. The van der Waals surface area contributed by atoms with Crippen molar-refractivity contribution in [1.29, 1.82) is 0 Å². The summed E-state index contributed by atoms with van der Waals surface area (Å²) in [6, 6.07) is 12.0. The molecule has 2 N–H and O–H groups in total. The van der Waals surface area contributed by atoms with Crippen LogP contribution in [0.4, 0.5) is 8.78 Å². The van der Waals surface area contributed by atoms with Crippen molar-refractivity contribution in [2.24, 2.45) is 0 Å². The fourth-order valence-electron chi connectivity index (χ4n) is 2.27. The zero-order valence-electron chi connectivity index (χ0n) is 19.1. The molecule has 0 heterocycles. The van der Waals surface area contributed by atoms with E-state index in [1.807, 2.05) is 0 Å². The number of carbonyl (C=O) groups is 2. The van der Waals surface area contributed by atoms with Crippen molar-refractivity contribution in [3.63, 3.8) is 0 Å². The SMILES string of the molecule is CCC[CH2][Sn][CH2]CCC.O=C(O)C=Cc1ccccc1F.O=C(O)C=Cc1ccccc1F. The summed E-state index contributed by atoms with van der Waals surface area (Å²) in [6.07, 6.45) is 10.1. The van der Waals surface area contributed by atoms with Gasteiger partial charge in [-0.2, -0.15) is 0 Å². The van der Waals surface area contributed by atoms with Crippen LogP contribution in [-0.2, 0) is 9.59 Å². The van der Waals surface area contributed by atoms with Crippen LogP contribution in [0.1, 0.15) is 50.7 Å². The molecule has 0 aliphatic rings. The van der Waals surface area contributed by atoms with Crippen molar-refractivity contribution in [1.82, 2.24) is 0 Å². The molecular weight excluding hydrogens is 533 g/mol. The zero-order chi connectivity index (χ0) is 24.9. The predicted molar refractivity (Wildman–Crippen MR) is 131 cm³/mol. The smallest absolute Gasteiger partial charge is 0.328 e. The molecule has 0 unspecified atom stereocenters. The number of carboxylic acids is 2. The fourth-order valence-corrected chi connectivity index (χ4v) is 6.43. The number of unbranched alkanes of at least 4 members (excludes halogenated alkanes) is 2. The van der Waals surface area contributed by atoms with Gasteiger partial charge in [-0.3, -0.25) is 0 Å². The van der Waals surface area contributed by atoms with Gasteiger partial charge in [-0.05, 0) is 24.3 Å². The van der Waals surface area contributed by atoms with Crippen molar-refractivity contribution in [3.05, 3.63) is 83.4 Å². The van der Waals surface area contributed by atoms with Crippen LogP contribution >= 0.6 is 0 Å². The Bertz CT molecular complexity index is 811. The number of rotatable bonds is 10. The number of halogens is 2. The van der Waals surface area contributed by atoms with Crippen LogP contribution in [0, 0.1) is 11.6 Å². The summed E-state index contributed by atoms with van der Waals surface area (Å²) >= 11 is 0.149. The molecule has 0 aromatic heterocycles. The second-order valence-corrected chi connectivity index (χ2v) is 11.1. The zero-order valence-corrected chi connectivity index (χ0v) is 22.0. The van der Waals surface area contributed by atoms with Crippen molar-refractivity contribution < 1.29 is 28.6 Å². The van der Waals surface area contributed by atoms with Gasteiger partial charge in [0, 0.05) is 23.3 Å². The number of hydrogen-bond donors (Lipinski definition) is 2. The Balaban J connectivity index is 0.000000472. The number of carboxylic acid groups (broad SMARTS) is 2. The normalized spacial score (nSPS) is 10.3. The molecule has 0 amide bonds. The van der Waals surface area contributed by atoms with Crippen LogP contribution in [0.15, 0.2) is 60.7 Å². The van der Waals surface area contributed by atoms with Crippen molar-refractivity contribution in [2.75, 3.05) is 0 Å². The number of aliphatic carboxylic acids is 2. The van der Waals surface area contributed by atoms with E-state index in [0.29, 0.717) is 0 Å². The summed E-state index contributed by atoms with van der Waals surface area (Å²) in [5.41, 5.74) is 0.555. The molecule has 7 heteroatoms. The first-order valence-electron chi connectivity index (χ1n) is 10.8. The van der Waals surface area contributed by atoms with Crippen LogP contribution in [0.5, 0.6) is 0 Å². The predicted octanol–water partition coefficient (Wildman–Crippen LogP) is 6.97. The quantitative estimate of drug-likeness (QED) is 0.185.